The van der Waals surface area contributed by atoms with E-state index in [4.69, 9.17) is 4.74 Å². The highest BCUT2D eigenvalue weighted by Gasteiger charge is 2.47. The van der Waals surface area contributed by atoms with Crippen LogP contribution in [0.2, 0.25) is 0 Å². The summed E-state index contributed by atoms with van der Waals surface area (Å²) < 4.78 is 5.19. The lowest BCUT2D eigenvalue weighted by Gasteiger charge is -2.33. The number of ketones is 1. The highest BCUT2D eigenvalue weighted by molar-refractivity contribution is 6.05. The van der Waals surface area contributed by atoms with E-state index in [0.29, 0.717) is 0 Å². The first-order chi connectivity index (χ1) is 8.64. The van der Waals surface area contributed by atoms with Crippen LogP contribution in [0.15, 0.2) is 18.2 Å². The van der Waals surface area contributed by atoms with Gasteiger partial charge in [0, 0.05) is 11.0 Å². The quantitative estimate of drug-likeness (QED) is 0.827. The minimum atomic E-state index is -0.242. The van der Waals surface area contributed by atoms with Gasteiger partial charge in [-0.2, -0.15) is 0 Å². The summed E-state index contributed by atoms with van der Waals surface area (Å²) in [4.78, 5) is 12.6. The van der Waals surface area contributed by atoms with E-state index >= 15 is 0 Å². The molecule has 1 saturated carbocycles. The molecule has 1 aromatic carbocycles. The van der Waals surface area contributed by atoms with E-state index in [0.717, 1.165) is 49.0 Å². The van der Waals surface area contributed by atoms with Gasteiger partial charge in [0.15, 0.2) is 5.78 Å². The number of aliphatic hydroxyl groups excluding tert-OH is 1. The Morgan fingerprint density at radius 2 is 2.06 bits per heavy atom. The van der Waals surface area contributed by atoms with Crippen molar-refractivity contribution in [3.8, 4) is 5.75 Å². The molecule has 3 heteroatoms. The number of hydrogen-bond donors (Lipinski definition) is 1. The molecule has 3 nitrogen and oxygen atoms in total. The number of methoxy groups -OCH3 is 1. The standard InChI is InChI=1S/C15H18O3/c1-18-12-3-2-10-9-15(14(17)13(10)8-12)6-4-11(16)5-7-15/h2-3,8,11,16H,4-7,9H2,1H3. The van der Waals surface area contributed by atoms with Gasteiger partial charge in [0.1, 0.15) is 5.75 Å². The molecule has 3 rings (SSSR count). The lowest BCUT2D eigenvalue weighted by Crippen LogP contribution is -2.34. The second kappa shape index (κ2) is 4.09. The smallest absolute Gasteiger partial charge is 0.169 e. The summed E-state index contributed by atoms with van der Waals surface area (Å²) in [5.74, 6) is 0.998. The first-order valence-electron chi connectivity index (χ1n) is 6.54. The number of aliphatic hydroxyl groups is 1. The summed E-state index contributed by atoms with van der Waals surface area (Å²) in [7, 11) is 1.62. The number of benzene rings is 1. The molecule has 96 valence electrons. The number of hydrogen-bond acceptors (Lipinski definition) is 3. The van der Waals surface area contributed by atoms with Crippen molar-refractivity contribution in [2.45, 2.75) is 38.2 Å². The maximum atomic E-state index is 12.6. The largest absolute Gasteiger partial charge is 0.497 e. The van der Waals surface area contributed by atoms with Gasteiger partial charge in [-0.05, 0) is 49.8 Å². The van der Waals surface area contributed by atoms with E-state index in [9.17, 15) is 9.90 Å². The fourth-order valence-corrected chi connectivity index (χ4v) is 3.34. The molecule has 0 radical (unpaired) electrons. The predicted molar refractivity (Wildman–Crippen MR) is 67.9 cm³/mol. The van der Waals surface area contributed by atoms with Crippen molar-refractivity contribution in [2.75, 3.05) is 7.11 Å². The van der Waals surface area contributed by atoms with Crippen LogP contribution in [0.5, 0.6) is 5.75 Å². The van der Waals surface area contributed by atoms with Crippen LogP contribution in [0.1, 0.15) is 41.6 Å². The molecule has 0 unspecified atom stereocenters. The Kier molecular flexibility index (Phi) is 2.67. The van der Waals surface area contributed by atoms with Gasteiger partial charge >= 0.3 is 0 Å². The average molecular weight is 246 g/mol. The molecular weight excluding hydrogens is 228 g/mol. The number of Topliss-reactive ketones (excluding diaryl/α,β-unsaturated/α-hetero) is 1. The first-order valence-corrected chi connectivity index (χ1v) is 6.54. The van der Waals surface area contributed by atoms with Crippen molar-refractivity contribution in [1.29, 1.82) is 0 Å². The molecule has 0 bridgehead atoms. The maximum Gasteiger partial charge on any atom is 0.169 e. The van der Waals surface area contributed by atoms with Gasteiger partial charge in [-0.3, -0.25) is 4.79 Å². The van der Waals surface area contributed by atoms with E-state index in [1.165, 1.54) is 0 Å². The number of carbonyl (C=O) groups is 1. The molecule has 0 atom stereocenters. The average Bonchev–Trinajstić information content (AvgIpc) is 2.66. The molecule has 1 spiro atoms. The molecule has 1 fully saturated rings. The Hall–Kier alpha value is -1.35. The molecule has 18 heavy (non-hydrogen) atoms. The Bertz CT molecular complexity index is 485. The third kappa shape index (κ3) is 1.65. The maximum absolute atomic E-state index is 12.6. The summed E-state index contributed by atoms with van der Waals surface area (Å²) in [6, 6.07) is 5.78. The van der Waals surface area contributed by atoms with Crippen LogP contribution < -0.4 is 4.74 Å². The van der Waals surface area contributed by atoms with Gasteiger partial charge in [-0.25, -0.2) is 0 Å². The third-order valence-corrected chi connectivity index (χ3v) is 4.48. The highest BCUT2D eigenvalue weighted by atomic mass is 16.5. The molecular formula is C15H18O3. The molecule has 0 aliphatic heterocycles. The van der Waals surface area contributed by atoms with Crippen molar-refractivity contribution in [3.63, 3.8) is 0 Å². The van der Waals surface area contributed by atoms with Gasteiger partial charge < -0.3 is 9.84 Å². The van der Waals surface area contributed by atoms with E-state index in [1.807, 2.05) is 18.2 Å². The topological polar surface area (TPSA) is 46.5 Å². The summed E-state index contributed by atoms with van der Waals surface area (Å²) in [6.07, 6.45) is 3.72. The summed E-state index contributed by atoms with van der Waals surface area (Å²) >= 11 is 0. The molecule has 2 aliphatic rings. The van der Waals surface area contributed by atoms with Crippen LogP contribution in [0.4, 0.5) is 0 Å². The molecule has 0 amide bonds. The number of carbonyl (C=O) groups excluding carboxylic acids is 1. The summed E-state index contributed by atoms with van der Waals surface area (Å²) in [6.45, 7) is 0. The normalized spacial score (nSPS) is 30.6. The van der Waals surface area contributed by atoms with Gasteiger partial charge in [0.05, 0.1) is 13.2 Å². The van der Waals surface area contributed by atoms with Gasteiger partial charge in [0.2, 0.25) is 0 Å². The fraction of sp³-hybridized carbons (Fsp3) is 0.533. The zero-order valence-corrected chi connectivity index (χ0v) is 10.6. The molecule has 0 saturated heterocycles. The SMILES string of the molecule is COc1ccc2c(c1)C(=O)C1(CCC(O)CC1)C2. The Morgan fingerprint density at radius 3 is 2.72 bits per heavy atom. The third-order valence-electron chi connectivity index (χ3n) is 4.48. The van der Waals surface area contributed by atoms with Crippen molar-refractivity contribution < 1.29 is 14.6 Å². The van der Waals surface area contributed by atoms with E-state index in [1.54, 1.807) is 7.11 Å². The Balaban J connectivity index is 1.94. The minimum absolute atomic E-state index is 0.221. The minimum Gasteiger partial charge on any atom is -0.497 e. The van der Waals surface area contributed by atoms with Crippen molar-refractivity contribution in [2.24, 2.45) is 5.41 Å². The van der Waals surface area contributed by atoms with Crippen molar-refractivity contribution >= 4 is 5.78 Å². The van der Waals surface area contributed by atoms with Gasteiger partial charge in [0.25, 0.3) is 0 Å². The first kappa shape index (κ1) is 11.7. The van der Waals surface area contributed by atoms with Crippen LogP contribution in [0, 0.1) is 5.41 Å². The van der Waals surface area contributed by atoms with E-state index in [2.05, 4.69) is 0 Å². The highest BCUT2D eigenvalue weighted by Crippen LogP contribution is 2.47. The zero-order chi connectivity index (χ0) is 12.8. The number of ether oxygens (including phenoxy) is 1. The van der Waals surface area contributed by atoms with E-state index in [-0.39, 0.29) is 17.3 Å². The molecule has 1 aromatic rings. The lowest BCUT2D eigenvalue weighted by atomic mass is 9.70. The van der Waals surface area contributed by atoms with E-state index < -0.39 is 0 Å². The van der Waals surface area contributed by atoms with Crippen molar-refractivity contribution in [3.05, 3.63) is 29.3 Å². The predicted octanol–water partition coefficient (Wildman–Crippen LogP) is 2.36. The molecule has 0 aromatic heterocycles. The van der Waals surface area contributed by atoms with Gasteiger partial charge in [-0.15, -0.1) is 0 Å². The Morgan fingerprint density at radius 1 is 1.33 bits per heavy atom. The summed E-state index contributed by atoms with van der Waals surface area (Å²) in [5, 5.41) is 9.61. The zero-order valence-electron chi connectivity index (χ0n) is 10.6. The number of rotatable bonds is 1. The van der Waals surface area contributed by atoms with Gasteiger partial charge in [-0.1, -0.05) is 6.07 Å². The lowest BCUT2D eigenvalue weighted by molar-refractivity contribution is 0.0513. The van der Waals surface area contributed by atoms with Crippen LogP contribution in [-0.2, 0) is 6.42 Å². The molecule has 0 heterocycles. The monoisotopic (exact) mass is 246 g/mol. The Labute approximate surface area is 107 Å². The summed E-state index contributed by atoms with van der Waals surface area (Å²) in [5.41, 5.74) is 1.72. The van der Waals surface area contributed by atoms with Crippen LogP contribution in [0.25, 0.3) is 0 Å². The molecule has 2 aliphatic carbocycles. The van der Waals surface area contributed by atoms with Crippen LogP contribution in [0.3, 0.4) is 0 Å². The van der Waals surface area contributed by atoms with Crippen LogP contribution in [-0.4, -0.2) is 24.1 Å². The second-order valence-electron chi connectivity index (χ2n) is 5.54. The fourth-order valence-electron chi connectivity index (χ4n) is 3.34. The second-order valence-corrected chi connectivity index (χ2v) is 5.54. The van der Waals surface area contributed by atoms with Crippen molar-refractivity contribution in [1.82, 2.24) is 0 Å². The molecule has 1 N–H and O–H groups in total. The van der Waals surface area contributed by atoms with Crippen LogP contribution >= 0.6 is 0 Å². The number of fused-ring (bicyclic) bond motifs is 1.